The lowest BCUT2D eigenvalue weighted by molar-refractivity contribution is 0.195. The Bertz CT molecular complexity index is 495. The van der Waals surface area contributed by atoms with E-state index in [-0.39, 0.29) is 16.3 Å². The molecule has 0 radical (unpaired) electrons. The van der Waals surface area contributed by atoms with Gasteiger partial charge in [0.05, 0.1) is 11.4 Å². The molecular formula is C11H15BrFNO3S. The molecule has 18 heavy (non-hydrogen) atoms. The number of benzene rings is 1. The topological polar surface area (TPSA) is 46.6 Å². The quantitative estimate of drug-likeness (QED) is 0.743. The largest absolute Gasteiger partial charge is 0.383 e. The lowest BCUT2D eigenvalue weighted by Gasteiger charge is -2.20. The number of methoxy groups -OCH3 is 1. The fourth-order valence-electron chi connectivity index (χ4n) is 1.43. The van der Waals surface area contributed by atoms with Crippen LogP contribution < -0.4 is 0 Å². The fraction of sp³-hybridized carbons (Fsp3) is 0.455. The summed E-state index contributed by atoms with van der Waals surface area (Å²) in [5.41, 5.74) is 0. The molecule has 0 aliphatic carbocycles. The Balaban J connectivity index is 2.90. The van der Waals surface area contributed by atoms with E-state index in [0.29, 0.717) is 6.61 Å². The van der Waals surface area contributed by atoms with Crippen LogP contribution in [-0.4, -0.2) is 44.9 Å². The second-order valence-electron chi connectivity index (χ2n) is 3.77. The van der Waals surface area contributed by atoms with E-state index in [2.05, 4.69) is 15.9 Å². The Morgan fingerprint density at radius 1 is 1.44 bits per heavy atom. The standard InChI is InChI=1S/C11H15BrFNO3S/c1-14(7-9(12)8-17-2)18(15,16)11-6-4-3-5-10(11)13/h3-6,9H,7-8H2,1-2H3. The lowest BCUT2D eigenvalue weighted by Crippen LogP contribution is -2.34. The summed E-state index contributed by atoms with van der Waals surface area (Å²) in [7, 11) is -0.874. The molecule has 0 heterocycles. The molecule has 1 rings (SSSR count). The molecular weight excluding hydrogens is 325 g/mol. The molecule has 0 aliphatic rings. The average molecular weight is 340 g/mol. The number of ether oxygens (including phenoxy) is 1. The molecule has 1 aromatic rings. The van der Waals surface area contributed by atoms with Crippen molar-refractivity contribution in [3.8, 4) is 0 Å². The third-order valence-corrected chi connectivity index (χ3v) is 4.74. The average Bonchev–Trinajstić information content (AvgIpc) is 2.29. The molecule has 1 unspecified atom stereocenters. The first-order valence-electron chi connectivity index (χ1n) is 5.23. The number of nitrogens with zero attached hydrogens (tertiary/aromatic N) is 1. The molecule has 1 aromatic carbocycles. The highest BCUT2D eigenvalue weighted by Crippen LogP contribution is 2.18. The highest BCUT2D eigenvalue weighted by molar-refractivity contribution is 9.09. The van der Waals surface area contributed by atoms with Gasteiger partial charge in [0.2, 0.25) is 10.0 Å². The van der Waals surface area contributed by atoms with Gasteiger partial charge in [-0.1, -0.05) is 28.1 Å². The van der Waals surface area contributed by atoms with E-state index in [1.165, 1.54) is 32.4 Å². The van der Waals surface area contributed by atoms with Gasteiger partial charge in [-0.05, 0) is 12.1 Å². The van der Waals surface area contributed by atoms with Gasteiger partial charge in [-0.2, -0.15) is 4.31 Å². The Morgan fingerprint density at radius 3 is 2.61 bits per heavy atom. The van der Waals surface area contributed by atoms with E-state index in [9.17, 15) is 12.8 Å². The van der Waals surface area contributed by atoms with Crippen LogP contribution in [0.4, 0.5) is 4.39 Å². The van der Waals surface area contributed by atoms with Crippen LogP contribution >= 0.6 is 15.9 Å². The zero-order valence-corrected chi connectivity index (χ0v) is 12.5. The van der Waals surface area contributed by atoms with E-state index in [1.54, 1.807) is 0 Å². The van der Waals surface area contributed by atoms with E-state index >= 15 is 0 Å². The summed E-state index contributed by atoms with van der Waals surface area (Å²) in [6.45, 7) is 0.571. The molecule has 0 saturated heterocycles. The Hall–Kier alpha value is -0.500. The van der Waals surface area contributed by atoms with Gasteiger partial charge in [-0.15, -0.1) is 0 Å². The van der Waals surface area contributed by atoms with Gasteiger partial charge in [-0.3, -0.25) is 0 Å². The normalized spacial score (nSPS) is 13.8. The molecule has 0 fully saturated rings. The predicted octanol–water partition coefficient (Wildman–Crippen LogP) is 1.86. The minimum absolute atomic E-state index is 0.144. The van der Waals surface area contributed by atoms with E-state index in [4.69, 9.17) is 4.74 Å². The highest BCUT2D eigenvalue weighted by Gasteiger charge is 2.25. The summed E-state index contributed by atoms with van der Waals surface area (Å²) in [5, 5.41) is 0. The van der Waals surface area contributed by atoms with E-state index in [1.807, 2.05) is 0 Å². The molecule has 4 nitrogen and oxygen atoms in total. The molecule has 0 aliphatic heterocycles. The molecule has 102 valence electrons. The third-order valence-electron chi connectivity index (χ3n) is 2.33. The van der Waals surface area contributed by atoms with Gasteiger partial charge in [0.15, 0.2) is 0 Å². The zero-order chi connectivity index (χ0) is 13.8. The SMILES string of the molecule is COCC(Br)CN(C)S(=O)(=O)c1ccccc1F. The van der Waals surface area contributed by atoms with Crippen molar-refractivity contribution in [2.45, 2.75) is 9.72 Å². The van der Waals surface area contributed by atoms with Gasteiger partial charge in [-0.25, -0.2) is 12.8 Å². The van der Waals surface area contributed by atoms with Crippen molar-refractivity contribution in [3.05, 3.63) is 30.1 Å². The van der Waals surface area contributed by atoms with Crippen molar-refractivity contribution in [3.63, 3.8) is 0 Å². The van der Waals surface area contributed by atoms with E-state index < -0.39 is 15.8 Å². The fourth-order valence-corrected chi connectivity index (χ4v) is 3.60. The van der Waals surface area contributed by atoms with Crippen LogP contribution in [-0.2, 0) is 14.8 Å². The molecule has 0 amide bonds. The van der Waals surface area contributed by atoms with Crippen molar-refractivity contribution in [1.29, 1.82) is 0 Å². The van der Waals surface area contributed by atoms with Gasteiger partial charge < -0.3 is 4.74 Å². The molecule has 7 heteroatoms. The Kier molecular flexibility index (Phi) is 5.71. The maximum atomic E-state index is 13.5. The first kappa shape index (κ1) is 15.6. The minimum atomic E-state index is -3.81. The number of rotatable bonds is 6. The maximum absolute atomic E-state index is 13.5. The van der Waals surface area contributed by atoms with Crippen molar-refractivity contribution in [2.75, 3.05) is 27.3 Å². The van der Waals surface area contributed by atoms with Crippen LogP contribution in [0.1, 0.15) is 0 Å². The van der Waals surface area contributed by atoms with Crippen LogP contribution in [0.5, 0.6) is 0 Å². The molecule has 0 bridgehead atoms. The first-order chi connectivity index (χ1) is 8.39. The van der Waals surface area contributed by atoms with Gasteiger partial charge in [0.25, 0.3) is 0 Å². The van der Waals surface area contributed by atoms with E-state index in [0.717, 1.165) is 10.4 Å². The summed E-state index contributed by atoms with van der Waals surface area (Å²) < 4.78 is 43.7. The van der Waals surface area contributed by atoms with Crippen molar-refractivity contribution < 1.29 is 17.5 Å². The van der Waals surface area contributed by atoms with Crippen molar-refractivity contribution in [2.24, 2.45) is 0 Å². The van der Waals surface area contributed by atoms with Gasteiger partial charge in [0, 0.05) is 20.7 Å². The second-order valence-corrected chi connectivity index (χ2v) is 7.08. The molecule has 0 saturated carbocycles. The van der Waals surface area contributed by atoms with Crippen LogP contribution in [0.3, 0.4) is 0 Å². The summed E-state index contributed by atoms with van der Waals surface area (Å²) in [6, 6.07) is 5.32. The highest BCUT2D eigenvalue weighted by atomic mass is 79.9. The number of sulfonamides is 1. The van der Waals surface area contributed by atoms with Crippen LogP contribution in [0.2, 0.25) is 0 Å². The van der Waals surface area contributed by atoms with Crippen LogP contribution in [0.15, 0.2) is 29.2 Å². The van der Waals surface area contributed by atoms with Crippen molar-refractivity contribution >= 4 is 26.0 Å². The van der Waals surface area contributed by atoms with Gasteiger partial charge in [0.1, 0.15) is 10.7 Å². The molecule has 0 N–H and O–H groups in total. The molecule has 0 aromatic heterocycles. The number of alkyl halides is 1. The molecule has 0 spiro atoms. The summed E-state index contributed by atoms with van der Waals surface area (Å²) >= 11 is 3.30. The van der Waals surface area contributed by atoms with Crippen LogP contribution in [0.25, 0.3) is 0 Å². The summed E-state index contributed by atoms with van der Waals surface area (Å²) in [4.78, 5) is -0.460. The second kappa shape index (κ2) is 6.60. The zero-order valence-electron chi connectivity index (χ0n) is 10.1. The Labute approximate surface area is 115 Å². The third kappa shape index (κ3) is 3.74. The smallest absolute Gasteiger partial charge is 0.245 e. The number of hydrogen-bond acceptors (Lipinski definition) is 3. The summed E-state index contributed by atoms with van der Waals surface area (Å²) in [5.74, 6) is -0.748. The Morgan fingerprint density at radius 2 is 2.06 bits per heavy atom. The first-order valence-corrected chi connectivity index (χ1v) is 7.59. The van der Waals surface area contributed by atoms with Gasteiger partial charge >= 0.3 is 0 Å². The summed E-state index contributed by atoms with van der Waals surface area (Å²) in [6.07, 6.45) is 0. The predicted molar refractivity (Wildman–Crippen MR) is 70.8 cm³/mol. The number of hydrogen-bond donors (Lipinski definition) is 0. The maximum Gasteiger partial charge on any atom is 0.245 e. The van der Waals surface area contributed by atoms with Crippen LogP contribution in [0, 0.1) is 5.82 Å². The monoisotopic (exact) mass is 339 g/mol. The minimum Gasteiger partial charge on any atom is -0.383 e. The lowest BCUT2D eigenvalue weighted by atomic mass is 10.4. The molecule has 1 atom stereocenters. The van der Waals surface area contributed by atoms with Crippen molar-refractivity contribution in [1.82, 2.24) is 4.31 Å². The number of halogens is 2.